The lowest BCUT2D eigenvalue weighted by Crippen LogP contribution is -2.19. The fraction of sp³-hybridized carbons (Fsp3) is 0.125. The van der Waals surface area contributed by atoms with Crippen molar-refractivity contribution >= 4 is 23.2 Å². The highest BCUT2D eigenvalue weighted by atomic mass is 16.3. The van der Waals surface area contributed by atoms with Crippen molar-refractivity contribution in [1.82, 2.24) is 0 Å². The monoisotopic (exact) mass is 284 g/mol. The van der Waals surface area contributed by atoms with Crippen molar-refractivity contribution in [3.8, 4) is 0 Å². The van der Waals surface area contributed by atoms with Crippen LogP contribution < -0.4 is 10.6 Å². The number of anilines is 2. The van der Waals surface area contributed by atoms with Crippen molar-refractivity contribution in [3.05, 3.63) is 59.7 Å². The predicted molar refractivity (Wildman–Crippen MR) is 81.5 cm³/mol. The summed E-state index contributed by atoms with van der Waals surface area (Å²) in [6.07, 6.45) is 0. The highest BCUT2D eigenvalue weighted by molar-refractivity contribution is 6.01. The van der Waals surface area contributed by atoms with Crippen molar-refractivity contribution in [3.63, 3.8) is 0 Å². The van der Waals surface area contributed by atoms with Crippen molar-refractivity contribution in [2.24, 2.45) is 0 Å². The lowest BCUT2D eigenvalue weighted by atomic mass is 10.1. The Kier molecular flexibility index (Phi) is 4.68. The Morgan fingerprint density at radius 1 is 1.00 bits per heavy atom. The van der Waals surface area contributed by atoms with Crippen LogP contribution in [-0.4, -0.2) is 16.9 Å². The minimum absolute atomic E-state index is 0.0605. The molecular weight excluding hydrogens is 268 g/mol. The number of aliphatic hydroxyl groups is 1. The molecule has 5 heteroatoms. The van der Waals surface area contributed by atoms with Crippen molar-refractivity contribution < 1.29 is 14.7 Å². The zero-order chi connectivity index (χ0) is 15.2. The number of hydrogen-bond donors (Lipinski definition) is 3. The lowest BCUT2D eigenvalue weighted by Gasteiger charge is -2.09. The number of aliphatic hydroxyl groups excluding tert-OH is 1. The van der Waals surface area contributed by atoms with Crippen LogP contribution in [0.2, 0.25) is 0 Å². The van der Waals surface area contributed by atoms with Gasteiger partial charge in [0.2, 0.25) is 0 Å². The summed E-state index contributed by atoms with van der Waals surface area (Å²) in [6, 6.07) is 13.2. The second kappa shape index (κ2) is 6.67. The molecule has 0 saturated heterocycles. The largest absolute Gasteiger partial charge is 0.392 e. The number of hydrogen-bond acceptors (Lipinski definition) is 3. The quantitative estimate of drug-likeness (QED) is 0.755. The number of Topliss-reactive ketones (excluding diaryl/α,β-unsaturated/α-hetero) is 1. The zero-order valence-corrected chi connectivity index (χ0v) is 11.6. The lowest BCUT2D eigenvalue weighted by molar-refractivity contribution is 0.101. The number of nitrogens with one attached hydrogen (secondary N) is 2. The summed E-state index contributed by atoms with van der Waals surface area (Å²) in [5, 5.41) is 14.4. The van der Waals surface area contributed by atoms with Gasteiger partial charge in [0.05, 0.1) is 6.61 Å². The zero-order valence-electron chi connectivity index (χ0n) is 11.6. The van der Waals surface area contributed by atoms with Gasteiger partial charge in [-0.3, -0.25) is 4.79 Å². The Hall–Kier alpha value is -2.66. The van der Waals surface area contributed by atoms with Crippen LogP contribution in [0.1, 0.15) is 22.8 Å². The summed E-state index contributed by atoms with van der Waals surface area (Å²) >= 11 is 0. The van der Waals surface area contributed by atoms with Gasteiger partial charge in [-0.15, -0.1) is 0 Å². The highest BCUT2D eigenvalue weighted by Crippen LogP contribution is 2.14. The molecule has 0 heterocycles. The van der Waals surface area contributed by atoms with Gasteiger partial charge in [0.15, 0.2) is 5.78 Å². The first-order valence-electron chi connectivity index (χ1n) is 6.47. The average molecular weight is 284 g/mol. The van der Waals surface area contributed by atoms with Crippen molar-refractivity contribution in [1.29, 1.82) is 0 Å². The van der Waals surface area contributed by atoms with Crippen molar-refractivity contribution in [2.45, 2.75) is 13.5 Å². The van der Waals surface area contributed by atoms with Gasteiger partial charge in [0.1, 0.15) is 0 Å². The summed E-state index contributed by atoms with van der Waals surface area (Å²) < 4.78 is 0. The van der Waals surface area contributed by atoms with E-state index in [4.69, 9.17) is 5.11 Å². The number of rotatable bonds is 4. The molecule has 0 saturated carbocycles. The molecule has 0 spiro atoms. The van der Waals surface area contributed by atoms with E-state index in [0.29, 0.717) is 22.5 Å². The predicted octanol–water partition coefficient (Wildman–Crippen LogP) is 3.03. The second-order valence-electron chi connectivity index (χ2n) is 4.57. The Morgan fingerprint density at radius 2 is 1.62 bits per heavy atom. The number of carbonyl (C=O) groups excluding carboxylic acids is 2. The second-order valence-corrected chi connectivity index (χ2v) is 4.57. The molecular formula is C16H16N2O3. The van der Waals surface area contributed by atoms with Crippen LogP contribution in [0.5, 0.6) is 0 Å². The van der Waals surface area contributed by atoms with E-state index in [1.165, 1.54) is 6.92 Å². The van der Waals surface area contributed by atoms with Crippen molar-refractivity contribution in [2.75, 3.05) is 10.6 Å². The van der Waals surface area contributed by atoms with Gasteiger partial charge in [0.25, 0.3) is 0 Å². The molecule has 0 aliphatic carbocycles. The number of ketones is 1. The minimum atomic E-state index is -0.411. The first-order chi connectivity index (χ1) is 10.1. The molecule has 21 heavy (non-hydrogen) atoms. The summed E-state index contributed by atoms with van der Waals surface area (Å²) in [5.41, 5.74) is 2.38. The van der Waals surface area contributed by atoms with E-state index in [9.17, 15) is 9.59 Å². The molecule has 0 fully saturated rings. The number of amides is 2. The van der Waals surface area contributed by atoms with Gasteiger partial charge in [-0.25, -0.2) is 4.79 Å². The third-order valence-electron chi connectivity index (χ3n) is 2.89. The molecule has 0 unspecified atom stereocenters. The van der Waals surface area contributed by atoms with Gasteiger partial charge in [-0.05, 0) is 36.8 Å². The highest BCUT2D eigenvalue weighted by Gasteiger charge is 2.05. The number of urea groups is 1. The maximum Gasteiger partial charge on any atom is 0.323 e. The fourth-order valence-corrected chi connectivity index (χ4v) is 1.86. The number of benzene rings is 2. The molecule has 5 nitrogen and oxygen atoms in total. The summed E-state index contributed by atoms with van der Waals surface area (Å²) in [7, 11) is 0. The van der Waals surface area contributed by atoms with Gasteiger partial charge < -0.3 is 15.7 Å². The molecule has 0 aliphatic rings. The van der Waals surface area contributed by atoms with Gasteiger partial charge >= 0.3 is 6.03 Å². The third-order valence-corrected chi connectivity index (χ3v) is 2.89. The Labute approximate surface area is 122 Å². The topological polar surface area (TPSA) is 78.4 Å². The molecule has 0 radical (unpaired) electrons. The molecule has 0 aliphatic heterocycles. The minimum Gasteiger partial charge on any atom is -0.392 e. The van der Waals surface area contributed by atoms with Crippen LogP contribution in [0.25, 0.3) is 0 Å². The summed E-state index contributed by atoms with van der Waals surface area (Å²) in [6.45, 7) is 1.39. The SMILES string of the molecule is CC(=O)c1cccc(NC(=O)Nc2cccc(CO)c2)c1. The molecule has 2 amide bonds. The molecule has 108 valence electrons. The van der Waals surface area contributed by atoms with Gasteiger partial charge in [-0.2, -0.15) is 0 Å². The number of carbonyl (C=O) groups is 2. The van der Waals surface area contributed by atoms with Crippen LogP contribution in [0.15, 0.2) is 48.5 Å². The van der Waals surface area contributed by atoms with Crippen LogP contribution in [0.3, 0.4) is 0 Å². The van der Waals surface area contributed by atoms with E-state index < -0.39 is 6.03 Å². The molecule has 0 bridgehead atoms. The van der Waals surface area contributed by atoms with Crippen LogP contribution >= 0.6 is 0 Å². The molecule has 0 aromatic heterocycles. The molecule has 0 atom stereocenters. The van der Waals surface area contributed by atoms with Gasteiger partial charge in [0, 0.05) is 16.9 Å². The molecule has 2 aromatic rings. The van der Waals surface area contributed by atoms with E-state index in [2.05, 4.69) is 10.6 Å². The van der Waals surface area contributed by atoms with E-state index in [0.717, 1.165) is 0 Å². The Bertz CT molecular complexity index is 668. The third kappa shape index (κ3) is 4.15. The fourth-order valence-electron chi connectivity index (χ4n) is 1.86. The van der Waals surface area contributed by atoms with Crippen LogP contribution in [0, 0.1) is 0 Å². The van der Waals surface area contributed by atoms with E-state index in [-0.39, 0.29) is 12.4 Å². The Morgan fingerprint density at radius 3 is 2.24 bits per heavy atom. The van der Waals surface area contributed by atoms with Crippen LogP contribution in [0.4, 0.5) is 16.2 Å². The van der Waals surface area contributed by atoms with E-state index in [1.54, 1.807) is 48.5 Å². The maximum absolute atomic E-state index is 11.9. The molecule has 2 rings (SSSR count). The molecule has 3 N–H and O–H groups in total. The smallest absolute Gasteiger partial charge is 0.323 e. The van der Waals surface area contributed by atoms with Gasteiger partial charge in [-0.1, -0.05) is 24.3 Å². The molecule has 2 aromatic carbocycles. The summed E-state index contributed by atoms with van der Waals surface area (Å²) in [5.74, 6) is -0.0605. The normalized spacial score (nSPS) is 10.0. The average Bonchev–Trinajstić information content (AvgIpc) is 2.47. The van der Waals surface area contributed by atoms with E-state index in [1.807, 2.05) is 0 Å². The first kappa shape index (κ1) is 14.7. The standard InChI is InChI=1S/C16H16N2O3/c1-11(20)13-5-3-7-15(9-13)18-16(21)17-14-6-2-4-12(8-14)10-19/h2-9,19H,10H2,1H3,(H2,17,18,21). The maximum atomic E-state index is 11.9. The first-order valence-corrected chi connectivity index (χ1v) is 6.47. The van der Waals surface area contributed by atoms with Crippen LogP contribution in [-0.2, 0) is 6.61 Å². The Balaban J connectivity index is 2.04. The van der Waals surface area contributed by atoms with E-state index >= 15 is 0 Å². The summed E-state index contributed by atoms with van der Waals surface area (Å²) in [4.78, 5) is 23.2.